The Bertz CT molecular complexity index is 927. The van der Waals surface area contributed by atoms with E-state index in [-0.39, 0.29) is 18.9 Å². The first kappa shape index (κ1) is 20.6. The quantitative estimate of drug-likeness (QED) is 0.475. The first-order valence-electron chi connectivity index (χ1n) is 9.85. The minimum atomic E-state index is -0.250. The molecule has 4 rings (SSSR count). The molecular weight excluding hydrogens is 370 g/mol. The minimum Gasteiger partial charge on any atom is -0.483 e. The van der Waals surface area contributed by atoms with Gasteiger partial charge in [0.2, 0.25) is 5.91 Å². The molecule has 8 heteroatoms. The molecule has 154 valence electrons. The van der Waals surface area contributed by atoms with Gasteiger partial charge in [-0.3, -0.25) is 14.3 Å². The second kappa shape index (κ2) is 10.4. The number of fused-ring (bicyclic) bond motifs is 1. The Balaban J connectivity index is 0.000000755. The van der Waals surface area contributed by atoms with Gasteiger partial charge >= 0.3 is 0 Å². The first-order chi connectivity index (χ1) is 14.2. The van der Waals surface area contributed by atoms with Crippen LogP contribution >= 0.6 is 0 Å². The number of hydrogen-bond acceptors (Lipinski definition) is 4. The monoisotopic (exact) mass is 397 g/mol. The van der Waals surface area contributed by atoms with Crippen LogP contribution < -0.4 is 10.6 Å². The Morgan fingerprint density at radius 1 is 1.34 bits per heavy atom. The Morgan fingerprint density at radius 3 is 2.97 bits per heavy atom. The molecule has 0 aliphatic carbocycles. The fourth-order valence-electron chi connectivity index (χ4n) is 3.67. The van der Waals surface area contributed by atoms with Crippen molar-refractivity contribution in [2.75, 3.05) is 19.6 Å². The molecule has 0 saturated carbocycles. The maximum Gasteiger partial charge on any atom is 0.290 e. The minimum absolute atomic E-state index is 0.00117. The van der Waals surface area contributed by atoms with E-state index in [0.29, 0.717) is 12.5 Å². The number of nitrogens with zero attached hydrogens (tertiary/aromatic N) is 2. The molecule has 3 heterocycles. The lowest BCUT2D eigenvalue weighted by Crippen LogP contribution is -2.30. The SMILES string of the molecule is O=C(Cn1ccc(C2CCCNC2)n1)NCCc1c[nH]c2ccccc12.O=CO. The number of aromatic nitrogens is 3. The average Bonchev–Trinajstić information content (AvgIpc) is 3.37. The van der Waals surface area contributed by atoms with Crippen molar-refractivity contribution in [3.8, 4) is 0 Å². The van der Waals surface area contributed by atoms with E-state index in [2.05, 4.69) is 32.8 Å². The molecule has 1 unspecified atom stereocenters. The molecule has 0 spiro atoms. The third-order valence-electron chi connectivity index (χ3n) is 5.07. The van der Waals surface area contributed by atoms with Gasteiger partial charge < -0.3 is 20.7 Å². The number of nitrogens with one attached hydrogen (secondary N) is 3. The highest BCUT2D eigenvalue weighted by atomic mass is 16.3. The largest absolute Gasteiger partial charge is 0.483 e. The number of H-pyrrole nitrogens is 1. The van der Waals surface area contributed by atoms with Gasteiger partial charge in [0, 0.05) is 42.3 Å². The van der Waals surface area contributed by atoms with Crippen molar-refractivity contribution < 1.29 is 14.7 Å². The van der Waals surface area contributed by atoms with Crippen molar-refractivity contribution in [2.24, 2.45) is 0 Å². The van der Waals surface area contributed by atoms with Crippen LogP contribution in [0.2, 0.25) is 0 Å². The number of hydrogen-bond donors (Lipinski definition) is 4. The standard InChI is InChI=1S/C20H25N5O.CH2O2/c26-20(14-25-11-8-18(24-25)16-4-3-9-21-12-16)22-10-7-15-13-23-19-6-2-1-5-17(15)19;2-1-3/h1-2,5-6,8,11,13,16,21,23H,3-4,7,9-10,12,14H2,(H,22,26);1H,(H,2,3). The maximum atomic E-state index is 12.2. The molecule has 1 atom stereocenters. The molecule has 0 radical (unpaired) electrons. The van der Waals surface area contributed by atoms with Crippen LogP contribution in [0.5, 0.6) is 0 Å². The van der Waals surface area contributed by atoms with E-state index in [9.17, 15) is 4.79 Å². The number of benzene rings is 1. The smallest absolute Gasteiger partial charge is 0.290 e. The zero-order chi connectivity index (χ0) is 20.5. The van der Waals surface area contributed by atoms with Crippen LogP contribution in [0.15, 0.2) is 42.7 Å². The Labute approximate surface area is 169 Å². The van der Waals surface area contributed by atoms with Crippen molar-refractivity contribution >= 4 is 23.3 Å². The summed E-state index contributed by atoms with van der Waals surface area (Å²) in [5.74, 6) is 0.469. The molecule has 3 aromatic rings. The summed E-state index contributed by atoms with van der Waals surface area (Å²) < 4.78 is 1.74. The molecule has 2 aromatic heterocycles. The highest BCUT2D eigenvalue weighted by molar-refractivity contribution is 5.83. The van der Waals surface area contributed by atoms with E-state index in [4.69, 9.17) is 9.90 Å². The fourth-order valence-corrected chi connectivity index (χ4v) is 3.67. The van der Waals surface area contributed by atoms with Gasteiger partial charge in [-0.2, -0.15) is 5.10 Å². The predicted octanol–water partition coefficient (Wildman–Crippen LogP) is 1.89. The van der Waals surface area contributed by atoms with Crippen molar-refractivity contribution in [1.82, 2.24) is 25.4 Å². The van der Waals surface area contributed by atoms with Crippen LogP contribution in [-0.2, 0) is 22.6 Å². The van der Waals surface area contributed by atoms with Crippen LogP contribution in [0, 0.1) is 0 Å². The van der Waals surface area contributed by atoms with Crippen molar-refractivity contribution in [2.45, 2.75) is 31.7 Å². The van der Waals surface area contributed by atoms with Gasteiger partial charge in [-0.05, 0) is 43.5 Å². The third kappa shape index (κ3) is 5.68. The lowest BCUT2D eigenvalue weighted by atomic mass is 9.97. The van der Waals surface area contributed by atoms with Gasteiger partial charge in [-0.1, -0.05) is 18.2 Å². The number of aromatic amines is 1. The zero-order valence-corrected chi connectivity index (χ0v) is 16.3. The summed E-state index contributed by atoms with van der Waals surface area (Å²) >= 11 is 0. The summed E-state index contributed by atoms with van der Waals surface area (Å²) in [6.45, 7) is 2.72. The van der Waals surface area contributed by atoms with E-state index in [1.807, 2.05) is 30.6 Å². The molecule has 1 amide bonds. The van der Waals surface area contributed by atoms with Gasteiger partial charge in [-0.25, -0.2) is 0 Å². The molecule has 29 heavy (non-hydrogen) atoms. The Kier molecular flexibility index (Phi) is 7.40. The number of amides is 1. The van der Waals surface area contributed by atoms with E-state index in [1.54, 1.807) is 4.68 Å². The number of carbonyl (C=O) groups is 2. The van der Waals surface area contributed by atoms with E-state index in [1.165, 1.54) is 23.8 Å². The first-order valence-corrected chi connectivity index (χ1v) is 9.85. The lowest BCUT2D eigenvalue weighted by molar-refractivity contribution is -0.123. The summed E-state index contributed by atoms with van der Waals surface area (Å²) in [5.41, 5.74) is 3.45. The molecular formula is C21H27N5O3. The van der Waals surface area contributed by atoms with Gasteiger partial charge in [0.15, 0.2) is 0 Å². The van der Waals surface area contributed by atoms with Gasteiger partial charge in [0.05, 0.1) is 5.69 Å². The second-order valence-electron chi connectivity index (χ2n) is 7.05. The van der Waals surface area contributed by atoms with Crippen molar-refractivity contribution in [3.63, 3.8) is 0 Å². The molecule has 4 N–H and O–H groups in total. The predicted molar refractivity (Wildman–Crippen MR) is 111 cm³/mol. The summed E-state index contributed by atoms with van der Waals surface area (Å²) in [6.07, 6.45) is 7.10. The molecule has 1 aliphatic heterocycles. The maximum absolute atomic E-state index is 12.2. The fraction of sp³-hybridized carbons (Fsp3) is 0.381. The Morgan fingerprint density at radius 2 is 2.17 bits per heavy atom. The number of carbonyl (C=O) groups excluding carboxylic acids is 1. The molecule has 8 nitrogen and oxygen atoms in total. The molecule has 1 saturated heterocycles. The van der Waals surface area contributed by atoms with Crippen LogP contribution in [0.25, 0.3) is 10.9 Å². The average molecular weight is 397 g/mol. The zero-order valence-electron chi connectivity index (χ0n) is 16.3. The summed E-state index contributed by atoms with van der Waals surface area (Å²) in [4.78, 5) is 23.8. The number of rotatable bonds is 6. The summed E-state index contributed by atoms with van der Waals surface area (Å²) in [7, 11) is 0. The van der Waals surface area contributed by atoms with Gasteiger partial charge in [0.1, 0.15) is 6.54 Å². The summed E-state index contributed by atoms with van der Waals surface area (Å²) in [5, 5.41) is 19.1. The topological polar surface area (TPSA) is 112 Å². The normalized spacial score (nSPS) is 16.1. The number of piperidine rings is 1. The van der Waals surface area contributed by atoms with Gasteiger partial charge in [-0.15, -0.1) is 0 Å². The lowest BCUT2D eigenvalue weighted by Gasteiger charge is -2.20. The van der Waals surface area contributed by atoms with E-state index in [0.717, 1.165) is 30.7 Å². The second-order valence-corrected chi connectivity index (χ2v) is 7.05. The highest BCUT2D eigenvalue weighted by Crippen LogP contribution is 2.21. The number of carboxylic acid groups (broad SMARTS) is 1. The van der Waals surface area contributed by atoms with Crippen LogP contribution in [-0.4, -0.2) is 51.9 Å². The molecule has 1 aliphatic rings. The summed E-state index contributed by atoms with van der Waals surface area (Å²) in [6, 6.07) is 10.3. The van der Waals surface area contributed by atoms with Crippen LogP contribution in [0.1, 0.15) is 30.0 Å². The molecule has 1 fully saturated rings. The van der Waals surface area contributed by atoms with Crippen molar-refractivity contribution in [3.05, 3.63) is 54.0 Å². The molecule has 1 aromatic carbocycles. The highest BCUT2D eigenvalue weighted by Gasteiger charge is 2.17. The van der Waals surface area contributed by atoms with Crippen LogP contribution in [0.4, 0.5) is 0 Å². The number of para-hydroxylation sites is 1. The van der Waals surface area contributed by atoms with E-state index >= 15 is 0 Å². The molecule has 0 bridgehead atoms. The van der Waals surface area contributed by atoms with Crippen molar-refractivity contribution in [1.29, 1.82) is 0 Å². The Hall–Kier alpha value is -3.13. The third-order valence-corrected chi connectivity index (χ3v) is 5.07. The van der Waals surface area contributed by atoms with E-state index < -0.39 is 0 Å². The van der Waals surface area contributed by atoms with Gasteiger partial charge in [0.25, 0.3) is 6.47 Å². The van der Waals surface area contributed by atoms with Crippen LogP contribution in [0.3, 0.4) is 0 Å².